The van der Waals surface area contributed by atoms with Crippen LogP contribution in [0.1, 0.15) is 24.5 Å². The number of nitrogens with zero attached hydrogens (tertiary/aromatic N) is 1. The predicted octanol–water partition coefficient (Wildman–Crippen LogP) is 3.08. The average Bonchev–Trinajstić information content (AvgIpc) is 2.83. The Labute approximate surface area is 146 Å². The number of benzene rings is 2. The van der Waals surface area contributed by atoms with Gasteiger partial charge in [-0.3, -0.25) is 19.3 Å². The molecule has 1 aliphatic heterocycles. The Bertz CT molecular complexity index is 827. The summed E-state index contributed by atoms with van der Waals surface area (Å²) in [5.41, 5.74) is 3.26. The van der Waals surface area contributed by atoms with Gasteiger partial charge in [0.1, 0.15) is 0 Å². The number of imide groups is 1. The minimum Gasteiger partial charge on any atom is -0.326 e. The van der Waals surface area contributed by atoms with Gasteiger partial charge in [-0.1, -0.05) is 35.9 Å². The van der Waals surface area contributed by atoms with Crippen LogP contribution in [-0.4, -0.2) is 17.7 Å². The molecule has 1 atom stereocenters. The van der Waals surface area contributed by atoms with Crippen LogP contribution in [0.5, 0.6) is 0 Å². The van der Waals surface area contributed by atoms with Crippen LogP contribution in [0.2, 0.25) is 0 Å². The third-order valence-electron chi connectivity index (χ3n) is 4.27. The van der Waals surface area contributed by atoms with E-state index in [2.05, 4.69) is 5.32 Å². The molecular formula is C20H20N2O3. The molecule has 128 valence electrons. The molecule has 3 amide bonds. The van der Waals surface area contributed by atoms with Gasteiger partial charge >= 0.3 is 0 Å². The molecule has 25 heavy (non-hydrogen) atoms. The maximum absolute atomic E-state index is 12.7. The van der Waals surface area contributed by atoms with Gasteiger partial charge in [-0.2, -0.15) is 0 Å². The molecule has 0 saturated carbocycles. The van der Waals surface area contributed by atoms with Crippen molar-refractivity contribution in [3.63, 3.8) is 0 Å². The number of rotatable bonds is 4. The first-order valence-electron chi connectivity index (χ1n) is 8.24. The molecule has 1 saturated heterocycles. The van der Waals surface area contributed by atoms with Crippen molar-refractivity contribution in [2.75, 3.05) is 10.2 Å². The highest BCUT2D eigenvalue weighted by Crippen LogP contribution is 2.30. The Morgan fingerprint density at radius 3 is 2.56 bits per heavy atom. The van der Waals surface area contributed by atoms with Crippen molar-refractivity contribution in [1.29, 1.82) is 0 Å². The molecule has 1 heterocycles. The van der Waals surface area contributed by atoms with Crippen LogP contribution < -0.4 is 10.2 Å². The van der Waals surface area contributed by atoms with Crippen LogP contribution in [0.4, 0.5) is 11.4 Å². The molecule has 0 radical (unpaired) electrons. The topological polar surface area (TPSA) is 66.5 Å². The lowest BCUT2D eigenvalue weighted by molar-refractivity contribution is -0.122. The number of carbonyl (C=O) groups is 3. The fraction of sp³-hybridized carbons (Fsp3) is 0.250. The lowest BCUT2D eigenvalue weighted by Crippen LogP contribution is -2.30. The Morgan fingerprint density at radius 1 is 1.16 bits per heavy atom. The lowest BCUT2D eigenvalue weighted by Gasteiger charge is -2.16. The molecule has 1 N–H and O–H groups in total. The molecule has 2 aromatic carbocycles. The molecule has 2 aromatic rings. The summed E-state index contributed by atoms with van der Waals surface area (Å²) in [6, 6.07) is 14.8. The Kier molecular flexibility index (Phi) is 4.65. The highest BCUT2D eigenvalue weighted by Gasteiger charge is 2.39. The zero-order chi connectivity index (χ0) is 18.0. The molecule has 1 aliphatic rings. The van der Waals surface area contributed by atoms with E-state index in [1.165, 1.54) is 11.8 Å². The zero-order valence-corrected chi connectivity index (χ0v) is 14.3. The number of hydrogen-bond acceptors (Lipinski definition) is 3. The van der Waals surface area contributed by atoms with Gasteiger partial charge in [0.2, 0.25) is 17.7 Å². The summed E-state index contributed by atoms with van der Waals surface area (Å²) in [5.74, 6) is -0.944. The molecular weight excluding hydrogens is 316 g/mol. The second-order valence-electron chi connectivity index (χ2n) is 6.39. The molecule has 5 nitrogen and oxygen atoms in total. The maximum Gasteiger partial charge on any atom is 0.237 e. The van der Waals surface area contributed by atoms with Crippen LogP contribution >= 0.6 is 0 Å². The summed E-state index contributed by atoms with van der Waals surface area (Å²) in [6.07, 6.45) is 0.754. The minimum atomic E-state index is -0.348. The number of nitrogens with one attached hydrogen (secondary N) is 1. The van der Waals surface area contributed by atoms with E-state index in [4.69, 9.17) is 0 Å². The molecule has 0 spiro atoms. The van der Waals surface area contributed by atoms with Crippen molar-refractivity contribution in [3.8, 4) is 0 Å². The number of amides is 3. The van der Waals surface area contributed by atoms with Gasteiger partial charge in [0.05, 0.1) is 11.6 Å². The van der Waals surface area contributed by atoms with Gasteiger partial charge in [-0.25, -0.2) is 0 Å². The van der Waals surface area contributed by atoms with Crippen LogP contribution in [0.3, 0.4) is 0 Å². The third kappa shape index (κ3) is 3.76. The third-order valence-corrected chi connectivity index (χ3v) is 4.27. The van der Waals surface area contributed by atoms with Gasteiger partial charge in [0.25, 0.3) is 0 Å². The van der Waals surface area contributed by atoms with Gasteiger partial charge in [-0.15, -0.1) is 0 Å². The van der Waals surface area contributed by atoms with Crippen molar-refractivity contribution in [2.24, 2.45) is 5.92 Å². The molecule has 3 rings (SSSR count). The second kappa shape index (κ2) is 6.89. The van der Waals surface area contributed by atoms with Gasteiger partial charge in [0, 0.05) is 19.0 Å². The molecule has 0 bridgehead atoms. The summed E-state index contributed by atoms with van der Waals surface area (Å²) in [4.78, 5) is 37.6. The van der Waals surface area contributed by atoms with E-state index in [9.17, 15) is 14.4 Å². The van der Waals surface area contributed by atoms with E-state index < -0.39 is 0 Å². The van der Waals surface area contributed by atoms with E-state index in [1.807, 2.05) is 31.2 Å². The Morgan fingerprint density at radius 2 is 1.88 bits per heavy atom. The summed E-state index contributed by atoms with van der Waals surface area (Å²) in [6.45, 7) is 3.42. The lowest BCUT2D eigenvalue weighted by atomic mass is 9.97. The summed E-state index contributed by atoms with van der Waals surface area (Å²) >= 11 is 0. The van der Waals surface area contributed by atoms with Crippen LogP contribution in [0.25, 0.3) is 0 Å². The van der Waals surface area contributed by atoms with E-state index in [-0.39, 0.29) is 30.1 Å². The van der Waals surface area contributed by atoms with Crippen molar-refractivity contribution >= 4 is 29.1 Å². The molecule has 0 unspecified atom stereocenters. The molecule has 0 aliphatic carbocycles. The van der Waals surface area contributed by atoms with Crippen molar-refractivity contribution in [3.05, 3.63) is 59.7 Å². The highest BCUT2D eigenvalue weighted by molar-refractivity contribution is 6.21. The standard InChI is InChI=1S/C20H20N2O3/c1-13-6-8-15(9-7-13)10-16-11-19(24)22(20(16)25)18-5-3-4-17(12-18)21-14(2)23/h3-9,12,16H,10-11H2,1-2H3,(H,21,23)/t16-/m0/s1. The quantitative estimate of drug-likeness (QED) is 0.873. The van der Waals surface area contributed by atoms with Crippen molar-refractivity contribution < 1.29 is 14.4 Å². The smallest absolute Gasteiger partial charge is 0.237 e. The SMILES string of the molecule is CC(=O)Nc1cccc(N2C(=O)C[C@H](Cc3ccc(C)cc3)C2=O)c1. The zero-order valence-electron chi connectivity index (χ0n) is 14.3. The second-order valence-corrected chi connectivity index (χ2v) is 6.39. The largest absolute Gasteiger partial charge is 0.326 e. The first kappa shape index (κ1) is 16.9. The molecule has 1 fully saturated rings. The number of carbonyl (C=O) groups excluding carboxylic acids is 3. The van der Waals surface area contributed by atoms with Crippen molar-refractivity contribution in [2.45, 2.75) is 26.7 Å². The number of hydrogen-bond donors (Lipinski definition) is 1. The summed E-state index contributed by atoms with van der Waals surface area (Å²) in [7, 11) is 0. The van der Waals surface area contributed by atoms with E-state index >= 15 is 0 Å². The van der Waals surface area contributed by atoms with Gasteiger partial charge in [0.15, 0.2) is 0 Å². The van der Waals surface area contributed by atoms with Gasteiger partial charge in [-0.05, 0) is 37.1 Å². The summed E-state index contributed by atoms with van der Waals surface area (Å²) < 4.78 is 0. The van der Waals surface area contributed by atoms with Gasteiger partial charge < -0.3 is 5.32 Å². The molecule has 0 aromatic heterocycles. The predicted molar refractivity (Wildman–Crippen MR) is 96.2 cm³/mol. The van der Waals surface area contributed by atoms with E-state index in [0.29, 0.717) is 17.8 Å². The maximum atomic E-state index is 12.7. The Balaban J connectivity index is 1.79. The van der Waals surface area contributed by atoms with Crippen LogP contribution in [0, 0.1) is 12.8 Å². The first-order chi connectivity index (χ1) is 11.9. The van der Waals surface area contributed by atoms with Crippen LogP contribution in [-0.2, 0) is 20.8 Å². The highest BCUT2D eigenvalue weighted by atomic mass is 16.2. The van der Waals surface area contributed by atoms with Crippen LogP contribution in [0.15, 0.2) is 48.5 Å². The summed E-state index contributed by atoms with van der Waals surface area (Å²) in [5, 5.41) is 2.67. The van der Waals surface area contributed by atoms with Crippen molar-refractivity contribution in [1.82, 2.24) is 0 Å². The Hall–Kier alpha value is -2.95. The average molecular weight is 336 g/mol. The number of aryl methyl sites for hydroxylation is 1. The monoisotopic (exact) mass is 336 g/mol. The van der Waals surface area contributed by atoms with E-state index in [1.54, 1.807) is 24.3 Å². The first-order valence-corrected chi connectivity index (χ1v) is 8.24. The van der Waals surface area contributed by atoms with E-state index in [0.717, 1.165) is 11.1 Å². The minimum absolute atomic E-state index is 0.189. The molecule has 5 heteroatoms. The fourth-order valence-corrected chi connectivity index (χ4v) is 3.06. The number of anilines is 2. The normalized spacial score (nSPS) is 17.0. The fourth-order valence-electron chi connectivity index (χ4n) is 3.06.